The maximum absolute atomic E-state index is 12.2. The van der Waals surface area contributed by atoms with Crippen molar-refractivity contribution in [1.29, 1.82) is 0 Å². The Balaban J connectivity index is 2.25. The Morgan fingerprint density at radius 2 is 1.67 bits per heavy atom. The number of fused-ring (bicyclic) bond motifs is 1. The van der Waals surface area contributed by atoms with E-state index in [1.54, 1.807) is 6.07 Å². The number of rotatable bonds is 3. The largest absolute Gasteiger partial charge is 0.389 e. The van der Waals surface area contributed by atoms with Gasteiger partial charge in [0.05, 0.1) is 0 Å². The van der Waals surface area contributed by atoms with Crippen LogP contribution >= 0.6 is 0 Å². The van der Waals surface area contributed by atoms with Crippen LogP contribution in [0.1, 0.15) is 24.4 Å². The Labute approximate surface area is 103 Å². The first-order valence-corrected chi connectivity index (χ1v) is 5.77. The SMILES string of the molecule is NC(CCC(F)(F)F)c1cccc2ccccc12. The molecule has 0 aliphatic heterocycles. The minimum Gasteiger partial charge on any atom is -0.324 e. The van der Waals surface area contributed by atoms with Gasteiger partial charge in [0.2, 0.25) is 0 Å². The van der Waals surface area contributed by atoms with Gasteiger partial charge in [-0.3, -0.25) is 0 Å². The van der Waals surface area contributed by atoms with Gasteiger partial charge >= 0.3 is 6.18 Å². The Bertz CT molecular complexity index is 529. The summed E-state index contributed by atoms with van der Waals surface area (Å²) in [6, 6.07) is 12.5. The third-order valence-corrected chi connectivity index (χ3v) is 2.96. The fourth-order valence-corrected chi connectivity index (χ4v) is 2.05. The maximum atomic E-state index is 12.2. The van der Waals surface area contributed by atoms with Crippen molar-refractivity contribution >= 4 is 10.8 Å². The van der Waals surface area contributed by atoms with Crippen LogP contribution in [0.25, 0.3) is 10.8 Å². The van der Waals surface area contributed by atoms with E-state index < -0.39 is 18.6 Å². The van der Waals surface area contributed by atoms with Gasteiger partial charge in [0.25, 0.3) is 0 Å². The summed E-state index contributed by atoms with van der Waals surface area (Å²) < 4.78 is 36.6. The summed E-state index contributed by atoms with van der Waals surface area (Å²) in [4.78, 5) is 0. The maximum Gasteiger partial charge on any atom is 0.389 e. The molecule has 0 aromatic heterocycles. The van der Waals surface area contributed by atoms with Crippen LogP contribution in [0.15, 0.2) is 42.5 Å². The molecule has 0 saturated carbocycles. The first-order chi connectivity index (χ1) is 8.47. The molecule has 1 atom stereocenters. The van der Waals surface area contributed by atoms with Crippen molar-refractivity contribution < 1.29 is 13.2 Å². The summed E-state index contributed by atoms with van der Waals surface area (Å²) in [5.74, 6) is 0. The fraction of sp³-hybridized carbons (Fsp3) is 0.286. The topological polar surface area (TPSA) is 26.0 Å². The lowest BCUT2D eigenvalue weighted by atomic mass is 9.96. The number of hydrogen-bond acceptors (Lipinski definition) is 1. The molecule has 0 aliphatic carbocycles. The molecular formula is C14H14F3N. The third kappa shape index (κ3) is 3.01. The van der Waals surface area contributed by atoms with Crippen molar-refractivity contribution in [2.45, 2.75) is 25.1 Å². The molecule has 18 heavy (non-hydrogen) atoms. The quantitative estimate of drug-likeness (QED) is 0.872. The molecule has 0 fully saturated rings. The summed E-state index contributed by atoms with van der Waals surface area (Å²) in [7, 11) is 0. The zero-order valence-corrected chi connectivity index (χ0v) is 9.74. The summed E-state index contributed by atoms with van der Waals surface area (Å²) in [5.41, 5.74) is 6.64. The van der Waals surface area contributed by atoms with Crippen molar-refractivity contribution in [3.05, 3.63) is 48.0 Å². The molecule has 1 unspecified atom stereocenters. The number of halogens is 3. The summed E-state index contributed by atoms with van der Waals surface area (Å²) in [6.07, 6.45) is -5.09. The molecule has 0 spiro atoms. The Kier molecular flexibility index (Phi) is 3.57. The van der Waals surface area contributed by atoms with E-state index in [1.807, 2.05) is 36.4 Å². The van der Waals surface area contributed by atoms with Gasteiger partial charge in [-0.25, -0.2) is 0 Å². The average Bonchev–Trinajstić information content (AvgIpc) is 2.34. The number of alkyl halides is 3. The highest BCUT2D eigenvalue weighted by atomic mass is 19.4. The molecule has 2 aromatic carbocycles. The summed E-state index contributed by atoms with van der Waals surface area (Å²) in [6.45, 7) is 0. The van der Waals surface area contributed by atoms with E-state index in [1.165, 1.54) is 0 Å². The molecule has 0 radical (unpaired) electrons. The highest BCUT2D eigenvalue weighted by Crippen LogP contribution is 2.29. The van der Waals surface area contributed by atoms with Crippen LogP contribution in [0.5, 0.6) is 0 Å². The van der Waals surface area contributed by atoms with E-state index in [-0.39, 0.29) is 6.42 Å². The normalized spacial score (nSPS) is 13.8. The minimum atomic E-state index is -4.15. The smallest absolute Gasteiger partial charge is 0.324 e. The van der Waals surface area contributed by atoms with Crippen LogP contribution in [-0.2, 0) is 0 Å². The number of benzene rings is 2. The van der Waals surface area contributed by atoms with Gasteiger partial charge in [-0.2, -0.15) is 13.2 Å². The highest BCUT2D eigenvalue weighted by molar-refractivity contribution is 5.86. The van der Waals surface area contributed by atoms with E-state index in [0.29, 0.717) is 0 Å². The van der Waals surface area contributed by atoms with Crippen molar-refractivity contribution in [3.63, 3.8) is 0 Å². The second-order valence-electron chi connectivity index (χ2n) is 4.33. The van der Waals surface area contributed by atoms with Gasteiger partial charge in [-0.05, 0) is 22.8 Å². The van der Waals surface area contributed by atoms with Crippen LogP contribution in [0.2, 0.25) is 0 Å². The van der Waals surface area contributed by atoms with Crippen LogP contribution in [-0.4, -0.2) is 6.18 Å². The van der Waals surface area contributed by atoms with Crippen LogP contribution in [0.3, 0.4) is 0 Å². The molecule has 2 rings (SSSR count). The first kappa shape index (κ1) is 12.9. The zero-order chi connectivity index (χ0) is 13.2. The number of hydrogen-bond donors (Lipinski definition) is 1. The monoisotopic (exact) mass is 253 g/mol. The first-order valence-electron chi connectivity index (χ1n) is 5.77. The standard InChI is InChI=1S/C14H14F3N/c15-14(16,17)9-8-13(18)12-7-3-5-10-4-1-2-6-11(10)12/h1-7,13H,8-9,18H2. The molecule has 0 bridgehead atoms. The zero-order valence-electron chi connectivity index (χ0n) is 9.74. The molecule has 2 aromatic rings. The second kappa shape index (κ2) is 4.98. The Morgan fingerprint density at radius 3 is 2.39 bits per heavy atom. The van der Waals surface area contributed by atoms with Gasteiger partial charge in [0.15, 0.2) is 0 Å². The molecular weight excluding hydrogens is 239 g/mol. The van der Waals surface area contributed by atoms with E-state index in [2.05, 4.69) is 0 Å². The van der Waals surface area contributed by atoms with Gasteiger partial charge in [0.1, 0.15) is 0 Å². The predicted octanol–water partition coefficient (Wildman–Crippen LogP) is 4.18. The molecule has 0 aliphatic rings. The lowest BCUT2D eigenvalue weighted by Crippen LogP contribution is -2.16. The van der Waals surface area contributed by atoms with Crippen LogP contribution in [0, 0.1) is 0 Å². The van der Waals surface area contributed by atoms with E-state index >= 15 is 0 Å². The molecule has 0 amide bonds. The lowest BCUT2D eigenvalue weighted by Gasteiger charge is -2.15. The highest BCUT2D eigenvalue weighted by Gasteiger charge is 2.28. The van der Waals surface area contributed by atoms with Gasteiger partial charge in [0, 0.05) is 12.5 Å². The molecule has 2 N–H and O–H groups in total. The van der Waals surface area contributed by atoms with Crippen LogP contribution < -0.4 is 5.73 Å². The number of nitrogens with two attached hydrogens (primary N) is 1. The second-order valence-corrected chi connectivity index (χ2v) is 4.33. The fourth-order valence-electron chi connectivity index (χ4n) is 2.05. The molecule has 0 heterocycles. The minimum absolute atomic E-state index is 0.0858. The van der Waals surface area contributed by atoms with Gasteiger partial charge in [-0.1, -0.05) is 42.5 Å². The van der Waals surface area contributed by atoms with Crippen molar-refractivity contribution in [3.8, 4) is 0 Å². The third-order valence-electron chi connectivity index (χ3n) is 2.96. The molecule has 0 saturated heterocycles. The van der Waals surface area contributed by atoms with E-state index in [0.717, 1.165) is 16.3 Å². The van der Waals surface area contributed by atoms with E-state index in [4.69, 9.17) is 5.73 Å². The Morgan fingerprint density at radius 1 is 1.00 bits per heavy atom. The predicted molar refractivity (Wildman–Crippen MR) is 66.2 cm³/mol. The molecule has 1 nitrogen and oxygen atoms in total. The van der Waals surface area contributed by atoms with Crippen LogP contribution in [0.4, 0.5) is 13.2 Å². The van der Waals surface area contributed by atoms with Crippen molar-refractivity contribution in [1.82, 2.24) is 0 Å². The van der Waals surface area contributed by atoms with Crippen molar-refractivity contribution in [2.24, 2.45) is 5.73 Å². The summed E-state index contributed by atoms with van der Waals surface area (Å²) in [5, 5.41) is 1.92. The van der Waals surface area contributed by atoms with Crippen molar-refractivity contribution in [2.75, 3.05) is 0 Å². The Hall–Kier alpha value is -1.55. The van der Waals surface area contributed by atoms with Gasteiger partial charge in [-0.15, -0.1) is 0 Å². The lowest BCUT2D eigenvalue weighted by molar-refractivity contribution is -0.136. The summed E-state index contributed by atoms with van der Waals surface area (Å²) >= 11 is 0. The molecule has 96 valence electrons. The average molecular weight is 253 g/mol. The van der Waals surface area contributed by atoms with Gasteiger partial charge < -0.3 is 5.73 Å². The molecule has 4 heteroatoms. The van der Waals surface area contributed by atoms with E-state index in [9.17, 15) is 13.2 Å².